The van der Waals surface area contributed by atoms with Gasteiger partial charge in [-0.3, -0.25) is 9.59 Å². The number of carboxylic acid groups (broad SMARTS) is 2. The van der Waals surface area contributed by atoms with Crippen LogP contribution in [0.5, 0.6) is 0 Å². The van der Waals surface area contributed by atoms with Crippen molar-refractivity contribution in [1.29, 1.82) is 0 Å². The van der Waals surface area contributed by atoms with Crippen LogP contribution in [0.2, 0.25) is 0 Å². The molecule has 0 fully saturated rings. The monoisotopic (exact) mass is 572 g/mol. The van der Waals surface area contributed by atoms with Crippen LogP contribution in [0.4, 0.5) is 0 Å². The first-order valence-corrected chi connectivity index (χ1v) is 15.4. The molecule has 0 spiro atoms. The lowest BCUT2D eigenvalue weighted by molar-refractivity contribution is -0.138. The van der Waals surface area contributed by atoms with Gasteiger partial charge in [0.25, 0.3) is 0 Å². The van der Waals surface area contributed by atoms with E-state index in [4.69, 9.17) is 5.11 Å². The van der Waals surface area contributed by atoms with E-state index < -0.39 is 17.4 Å². The molecule has 0 heterocycles. The van der Waals surface area contributed by atoms with Crippen molar-refractivity contribution in [1.82, 2.24) is 0 Å². The Balaban J connectivity index is -0.000000110. The summed E-state index contributed by atoms with van der Waals surface area (Å²) in [5.74, 6) is -1.53. The van der Waals surface area contributed by atoms with Gasteiger partial charge in [-0.1, -0.05) is 194 Å². The van der Waals surface area contributed by atoms with Crippen LogP contribution in [0.1, 0.15) is 121 Å². The van der Waals surface area contributed by atoms with Gasteiger partial charge in [-0.2, -0.15) is 0 Å². The zero-order valence-corrected chi connectivity index (χ0v) is 28.9. The Morgan fingerprint density at radius 1 is 0.488 bits per heavy atom. The largest absolute Gasteiger partial charge is 0.481 e. The second kappa shape index (κ2) is 43.6. The Morgan fingerprint density at radius 3 is 0.854 bits per heavy atom. The Hall–Kier alpha value is -3.40. The molecule has 0 aliphatic rings. The maximum Gasteiger partial charge on any atom is 0.304 e. The highest BCUT2D eigenvalue weighted by Crippen LogP contribution is 2.35. The summed E-state index contributed by atoms with van der Waals surface area (Å²) in [6.45, 7) is 27.6. The molecule has 3 rings (SSSR count). The van der Waals surface area contributed by atoms with Gasteiger partial charge in [0.05, 0.1) is 6.42 Å². The third kappa shape index (κ3) is 31.0. The van der Waals surface area contributed by atoms with Crippen molar-refractivity contribution in [2.24, 2.45) is 0 Å². The van der Waals surface area contributed by atoms with E-state index in [1.165, 1.54) is 0 Å². The fraction of sp³-hybridized carbons (Fsp3) is 0.459. The molecular formula is C37H64O4. The van der Waals surface area contributed by atoms with Crippen LogP contribution in [0, 0.1) is 0 Å². The van der Waals surface area contributed by atoms with E-state index in [0.29, 0.717) is 0 Å². The third-order valence-corrected chi connectivity index (χ3v) is 4.30. The van der Waals surface area contributed by atoms with Gasteiger partial charge in [-0.25, -0.2) is 0 Å². The van der Waals surface area contributed by atoms with Gasteiger partial charge in [-0.15, -0.1) is 0 Å². The Morgan fingerprint density at radius 2 is 0.683 bits per heavy atom. The summed E-state index contributed by atoms with van der Waals surface area (Å²) >= 11 is 0. The summed E-state index contributed by atoms with van der Waals surface area (Å²) in [5, 5.41) is 16.9. The number of carbonyl (C=O) groups is 2. The fourth-order valence-corrected chi connectivity index (χ4v) is 2.67. The number of carboxylic acids is 2. The van der Waals surface area contributed by atoms with Crippen LogP contribution in [-0.2, 0) is 15.0 Å². The number of benzene rings is 3. The molecule has 0 saturated heterocycles. The lowest BCUT2D eigenvalue weighted by Crippen LogP contribution is -2.27. The second-order valence-electron chi connectivity index (χ2n) is 6.54. The smallest absolute Gasteiger partial charge is 0.304 e. The van der Waals surface area contributed by atoms with Crippen LogP contribution in [0.25, 0.3) is 0 Å². The van der Waals surface area contributed by atoms with E-state index >= 15 is 0 Å². The van der Waals surface area contributed by atoms with Gasteiger partial charge in [0.15, 0.2) is 0 Å². The molecule has 0 atom stereocenters. The van der Waals surface area contributed by atoms with E-state index in [1.807, 2.05) is 187 Å². The van der Waals surface area contributed by atoms with Crippen molar-refractivity contribution in [3.63, 3.8) is 0 Å². The molecule has 236 valence electrons. The first-order chi connectivity index (χ1) is 19.9. The van der Waals surface area contributed by atoms with Crippen molar-refractivity contribution in [3.8, 4) is 0 Å². The molecule has 0 bridgehead atoms. The molecule has 4 nitrogen and oxygen atoms in total. The molecule has 3 aromatic carbocycles. The van der Waals surface area contributed by atoms with E-state index in [9.17, 15) is 14.7 Å². The van der Waals surface area contributed by atoms with Crippen LogP contribution in [0.3, 0.4) is 0 Å². The first kappa shape index (κ1) is 50.4. The van der Waals surface area contributed by atoms with E-state index in [-0.39, 0.29) is 12.8 Å². The van der Waals surface area contributed by atoms with Gasteiger partial charge < -0.3 is 10.2 Å². The minimum absolute atomic E-state index is 0.0844. The van der Waals surface area contributed by atoms with Crippen LogP contribution in [0.15, 0.2) is 97.1 Å². The summed E-state index contributed by atoms with van der Waals surface area (Å²) in [6, 6.07) is 31.6. The summed E-state index contributed by atoms with van der Waals surface area (Å²) in [6.07, 6.45) is 0.307. The lowest BCUT2D eigenvalue weighted by Gasteiger charge is -2.29. The number of hydrogen-bond donors (Lipinski definition) is 2. The summed E-state index contributed by atoms with van der Waals surface area (Å²) in [5.41, 5.74) is 1.56. The lowest BCUT2D eigenvalue weighted by atomic mass is 9.74. The molecule has 0 aromatic heterocycles. The molecule has 4 heteroatoms. The Labute approximate surface area is 254 Å². The molecule has 0 unspecified atom stereocenters. The van der Waals surface area contributed by atoms with Crippen LogP contribution in [-0.4, -0.2) is 22.2 Å². The quantitative estimate of drug-likeness (QED) is 0.319. The second-order valence-corrected chi connectivity index (χ2v) is 6.54. The molecule has 0 aliphatic heterocycles. The zero-order chi connectivity index (χ0) is 33.5. The molecule has 0 amide bonds. The molecule has 0 radical (unpaired) electrons. The predicted octanol–water partition coefficient (Wildman–Crippen LogP) is 11.8. The SMILES string of the molecule is CC.CC.CC.CC.CC.CC.CC(CC(=O)O)(c1ccccc1)c1ccccc1.CCC(=O)O.c1ccccc1. The van der Waals surface area contributed by atoms with Crippen molar-refractivity contribution in [2.45, 2.75) is 115 Å². The van der Waals surface area contributed by atoms with Gasteiger partial charge in [-0.05, 0) is 11.1 Å². The molecule has 3 aromatic rings. The van der Waals surface area contributed by atoms with Crippen molar-refractivity contribution >= 4 is 11.9 Å². The highest BCUT2D eigenvalue weighted by Gasteiger charge is 2.31. The fourth-order valence-electron chi connectivity index (χ4n) is 2.67. The highest BCUT2D eigenvalue weighted by molar-refractivity contribution is 5.70. The van der Waals surface area contributed by atoms with Crippen molar-refractivity contribution in [3.05, 3.63) is 108 Å². The summed E-state index contributed by atoms with van der Waals surface area (Å²) in [4.78, 5) is 20.5. The highest BCUT2D eigenvalue weighted by atomic mass is 16.4. The Kier molecular flexibility index (Phi) is 53.7. The molecule has 0 saturated carbocycles. The topological polar surface area (TPSA) is 74.6 Å². The summed E-state index contributed by atoms with van der Waals surface area (Å²) in [7, 11) is 0. The Bertz CT molecular complexity index is 766. The van der Waals surface area contributed by atoms with Gasteiger partial charge in [0.1, 0.15) is 0 Å². The predicted molar refractivity (Wildman–Crippen MR) is 184 cm³/mol. The minimum Gasteiger partial charge on any atom is -0.481 e. The van der Waals surface area contributed by atoms with Crippen LogP contribution < -0.4 is 0 Å². The minimum atomic E-state index is -0.787. The number of aliphatic carboxylic acids is 2. The van der Waals surface area contributed by atoms with Crippen LogP contribution >= 0.6 is 0 Å². The van der Waals surface area contributed by atoms with E-state index in [1.54, 1.807) is 6.92 Å². The maximum atomic E-state index is 11.2. The maximum absolute atomic E-state index is 11.2. The number of rotatable bonds is 5. The molecule has 2 N–H and O–H groups in total. The van der Waals surface area contributed by atoms with Gasteiger partial charge in [0, 0.05) is 11.8 Å². The molecular weight excluding hydrogens is 508 g/mol. The normalized spacial score (nSPS) is 7.85. The zero-order valence-electron chi connectivity index (χ0n) is 28.9. The van der Waals surface area contributed by atoms with E-state index in [2.05, 4.69) is 0 Å². The van der Waals surface area contributed by atoms with Gasteiger partial charge >= 0.3 is 11.9 Å². The number of hydrogen-bond acceptors (Lipinski definition) is 2. The average Bonchev–Trinajstić information content (AvgIpc) is 3.08. The van der Waals surface area contributed by atoms with Gasteiger partial charge in [0.2, 0.25) is 0 Å². The first-order valence-electron chi connectivity index (χ1n) is 15.4. The molecule has 41 heavy (non-hydrogen) atoms. The average molecular weight is 573 g/mol. The van der Waals surface area contributed by atoms with Crippen molar-refractivity contribution < 1.29 is 19.8 Å². The van der Waals surface area contributed by atoms with E-state index in [0.717, 1.165) is 11.1 Å². The third-order valence-electron chi connectivity index (χ3n) is 4.30. The standard InChI is InChI=1S/C16H16O2.C6H6.C3H6O2.6C2H6/c1-16(12-15(17)18,13-8-4-2-5-9-13)14-10-6-3-7-11-14;1-2-4-6-5-3-1;1-2-3(4)5;6*1-2/h2-11H,12H2,1H3,(H,17,18);1-6H;2H2,1H3,(H,4,5);6*1-2H3. The summed E-state index contributed by atoms with van der Waals surface area (Å²) < 4.78 is 0. The molecule has 0 aliphatic carbocycles. The van der Waals surface area contributed by atoms with Crippen molar-refractivity contribution in [2.75, 3.05) is 0 Å².